The van der Waals surface area contributed by atoms with Crippen molar-refractivity contribution in [2.24, 2.45) is 0 Å². The van der Waals surface area contributed by atoms with Gasteiger partial charge in [-0.3, -0.25) is 0 Å². The SMILES string of the molecule is Clc1cc(-c2ccccc2Br)nc(C2CC2)n1. The molecule has 0 aliphatic heterocycles. The maximum Gasteiger partial charge on any atom is 0.133 e. The van der Waals surface area contributed by atoms with Crippen LogP contribution in [0, 0.1) is 0 Å². The minimum absolute atomic E-state index is 0.509. The predicted molar refractivity (Wildman–Crippen MR) is 72.2 cm³/mol. The summed E-state index contributed by atoms with van der Waals surface area (Å²) in [6, 6.07) is 9.82. The molecular weight excluding hydrogens is 300 g/mol. The summed E-state index contributed by atoms with van der Waals surface area (Å²) in [5.74, 6) is 1.39. The molecule has 0 N–H and O–H groups in total. The van der Waals surface area contributed by atoms with Gasteiger partial charge in [0.1, 0.15) is 11.0 Å². The summed E-state index contributed by atoms with van der Waals surface area (Å²) in [7, 11) is 0. The minimum Gasteiger partial charge on any atom is -0.232 e. The average molecular weight is 310 g/mol. The molecule has 0 bridgehead atoms. The van der Waals surface area contributed by atoms with Crippen molar-refractivity contribution in [1.82, 2.24) is 9.97 Å². The molecule has 1 fully saturated rings. The second-order valence-corrected chi connectivity index (χ2v) is 5.43. The van der Waals surface area contributed by atoms with Gasteiger partial charge < -0.3 is 0 Å². The van der Waals surface area contributed by atoms with Gasteiger partial charge in [-0.1, -0.05) is 45.7 Å². The standard InChI is InChI=1S/C13H10BrClN2/c14-10-4-2-1-3-9(10)11-7-12(15)17-13(16-11)8-5-6-8/h1-4,7-8H,5-6H2. The van der Waals surface area contributed by atoms with Gasteiger partial charge in [-0.25, -0.2) is 9.97 Å². The fourth-order valence-electron chi connectivity index (χ4n) is 1.77. The molecule has 1 aromatic carbocycles. The number of hydrogen-bond acceptors (Lipinski definition) is 2. The normalized spacial score (nSPS) is 14.9. The van der Waals surface area contributed by atoms with Gasteiger partial charge in [0.15, 0.2) is 0 Å². The molecule has 0 spiro atoms. The summed E-state index contributed by atoms with van der Waals surface area (Å²) in [5, 5.41) is 0.521. The van der Waals surface area contributed by atoms with Crippen molar-refractivity contribution in [3.63, 3.8) is 0 Å². The van der Waals surface area contributed by atoms with E-state index >= 15 is 0 Å². The molecule has 2 nitrogen and oxygen atoms in total. The average Bonchev–Trinajstić information content (AvgIpc) is 3.12. The Balaban J connectivity index is 2.11. The molecule has 3 rings (SSSR count). The number of hydrogen-bond donors (Lipinski definition) is 0. The number of nitrogens with zero attached hydrogens (tertiary/aromatic N) is 2. The molecule has 1 aliphatic rings. The van der Waals surface area contributed by atoms with Gasteiger partial charge in [0.25, 0.3) is 0 Å². The fraction of sp³-hybridized carbons (Fsp3) is 0.231. The van der Waals surface area contributed by atoms with Crippen LogP contribution in [0.5, 0.6) is 0 Å². The van der Waals surface area contributed by atoms with Crippen molar-refractivity contribution in [2.75, 3.05) is 0 Å². The maximum absolute atomic E-state index is 6.06. The molecule has 1 heterocycles. The van der Waals surface area contributed by atoms with Crippen molar-refractivity contribution in [2.45, 2.75) is 18.8 Å². The zero-order valence-corrected chi connectivity index (χ0v) is 11.4. The Labute approximate surface area is 113 Å². The molecule has 2 aromatic rings. The molecule has 17 heavy (non-hydrogen) atoms. The summed E-state index contributed by atoms with van der Waals surface area (Å²) in [6.07, 6.45) is 2.35. The van der Waals surface area contributed by atoms with Crippen LogP contribution >= 0.6 is 27.5 Å². The number of aromatic nitrogens is 2. The maximum atomic E-state index is 6.06. The molecule has 1 aliphatic carbocycles. The number of benzene rings is 1. The molecule has 86 valence electrons. The van der Waals surface area contributed by atoms with Gasteiger partial charge in [0, 0.05) is 22.0 Å². The fourth-order valence-corrected chi connectivity index (χ4v) is 2.44. The number of rotatable bonds is 2. The van der Waals surface area contributed by atoms with Crippen LogP contribution in [0.2, 0.25) is 5.15 Å². The van der Waals surface area contributed by atoms with Crippen molar-refractivity contribution in [1.29, 1.82) is 0 Å². The third-order valence-electron chi connectivity index (χ3n) is 2.80. The van der Waals surface area contributed by atoms with Gasteiger partial charge in [0.05, 0.1) is 5.69 Å². The Morgan fingerprint density at radius 1 is 1.18 bits per heavy atom. The van der Waals surface area contributed by atoms with Gasteiger partial charge in [-0.15, -0.1) is 0 Å². The lowest BCUT2D eigenvalue weighted by Crippen LogP contribution is -1.95. The Kier molecular flexibility index (Phi) is 2.89. The Morgan fingerprint density at radius 2 is 1.94 bits per heavy atom. The quantitative estimate of drug-likeness (QED) is 0.767. The summed E-state index contributed by atoms with van der Waals surface area (Å²) in [4.78, 5) is 8.89. The second-order valence-electron chi connectivity index (χ2n) is 4.19. The van der Waals surface area contributed by atoms with Gasteiger partial charge >= 0.3 is 0 Å². The van der Waals surface area contributed by atoms with Crippen LogP contribution in [-0.2, 0) is 0 Å². The predicted octanol–water partition coefficient (Wildman–Crippen LogP) is 4.44. The van der Waals surface area contributed by atoms with Gasteiger partial charge in [-0.2, -0.15) is 0 Å². The van der Waals surface area contributed by atoms with E-state index in [1.807, 2.05) is 30.3 Å². The highest BCUT2D eigenvalue weighted by Gasteiger charge is 2.27. The molecule has 0 saturated heterocycles. The second kappa shape index (κ2) is 4.39. The highest BCUT2D eigenvalue weighted by molar-refractivity contribution is 9.10. The molecule has 0 radical (unpaired) electrons. The monoisotopic (exact) mass is 308 g/mol. The van der Waals surface area contributed by atoms with E-state index in [0.29, 0.717) is 11.1 Å². The van der Waals surface area contributed by atoms with E-state index in [0.717, 1.165) is 21.6 Å². The lowest BCUT2D eigenvalue weighted by Gasteiger charge is -2.06. The Morgan fingerprint density at radius 3 is 2.65 bits per heavy atom. The van der Waals surface area contributed by atoms with Crippen LogP contribution in [-0.4, -0.2) is 9.97 Å². The molecule has 1 aromatic heterocycles. The van der Waals surface area contributed by atoms with E-state index in [1.165, 1.54) is 12.8 Å². The van der Waals surface area contributed by atoms with Gasteiger partial charge in [-0.05, 0) is 18.9 Å². The van der Waals surface area contributed by atoms with Crippen LogP contribution in [0.1, 0.15) is 24.6 Å². The molecule has 4 heteroatoms. The van der Waals surface area contributed by atoms with E-state index in [1.54, 1.807) is 0 Å². The number of halogens is 2. The van der Waals surface area contributed by atoms with E-state index in [2.05, 4.69) is 25.9 Å². The largest absolute Gasteiger partial charge is 0.232 e. The first-order valence-corrected chi connectivity index (χ1v) is 6.70. The Hall–Kier alpha value is -0.930. The summed E-state index contributed by atoms with van der Waals surface area (Å²) in [5.41, 5.74) is 1.94. The van der Waals surface area contributed by atoms with E-state index in [-0.39, 0.29) is 0 Å². The first-order chi connectivity index (χ1) is 8.24. The van der Waals surface area contributed by atoms with Gasteiger partial charge in [0.2, 0.25) is 0 Å². The zero-order chi connectivity index (χ0) is 11.8. The van der Waals surface area contributed by atoms with Crippen LogP contribution in [0.3, 0.4) is 0 Å². The third kappa shape index (κ3) is 2.35. The zero-order valence-electron chi connectivity index (χ0n) is 9.03. The van der Waals surface area contributed by atoms with Crippen LogP contribution < -0.4 is 0 Å². The highest BCUT2D eigenvalue weighted by Crippen LogP contribution is 2.39. The summed E-state index contributed by atoms with van der Waals surface area (Å²) in [6.45, 7) is 0. The third-order valence-corrected chi connectivity index (χ3v) is 3.69. The minimum atomic E-state index is 0.509. The topological polar surface area (TPSA) is 25.8 Å². The summed E-state index contributed by atoms with van der Waals surface area (Å²) >= 11 is 9.59. The summed E-state index contributed by atoms with van der Waals surface area (Å²) < 4.78 is 1.02. The molecule has 1 saturated carbocycles. The first-order valence-electron chi connectivity index (χ1n) is 5.53. The molecule has 0 unspecified atom stereocenters. The molecule has 0 atom stereocenters. The van der Waals surface area contributed by atoms with Crippen molar-refractivity contribution < 1.29 is 0 Å². The Bertz CT molecular complexity index is 567. The van der Waals surface area contributed by atoms with Crippen molar-refractivity contribution in [3.8, 4) is 11.3 Å². The highest BCUT2D eigenvalue weighted by atomic mass is 79.9. The van der Waals surface area contributed by atoms with Crippen molar-refractivity contribution in [3.05, 3.63) is 45.8 Å². The van der Waals surface area contributed by atoms with Crippen molar-refractivity contribution >= 4 is 27.5 Å². The smallest absolute Gasteiger partial charge is 0.133 e. The van der Waals surface area contributed by atoms with E-state index in [9.17, 15) is 0 Å². The van der Waals surface area contributed by atoms with Crippen LogP contribution in [0.4, 0.5) is 0 Å². The van der Waals surface area contributed by atoms with Crippen LogP contribution in [0.15, 0.2) is 34.8 Å². The lowest BCUT2D eigenvalue weighted by atomic mass is 10.1. The molecule has 0 amide bonds. The van der Waals surface area contributed by atoms with E-state index in [4.69, 9.17) is 11.6 Å². The van der Waals surface area contributed by atoms with Crippen LogP contribution in [0.25, 0.3) is 11.3 Å². The lowest BCUT2D eigenvalue weighted by molar-refractivity contribution is 0.930. The first kappa shape index (κ1) is 11.2. The van der Waals surface area contributed by atoms with E-state index < -0.39 is 0 Å². The molecular formula is C13H10BrClN2.